The van der Waals surface area contributed by atoms with E-state index in [-0.39, 0.29) is 57.1 Å². The molecule has 0 atom stereocenters. The van der Waals surface area contributed by atoms with E-state index in [2.05, 4.69) is 13.2 Å². The second-order valence-electron chi connectivity index (χ2n) is 2.58. The molecule has 1 aromatic carbocycles. The van der Waals surface area contributed by atoms with Crippen molar-refractivity contribution in [2.75, 3.05) is 7.11 Å². The van der Waals surface area contributed by atoms with E-state index in [1.807, 2.05) is 0 Å². The summed E-state index contributed by atoms with van der Waals surface area (Å²) in [6.07, 6.45) is 1.67. The first-order valence-electron chi connectivity index (χ1n) is 3.86. The van der Waals surface area contributed by atoms with E-state index in [4.69, 9.17) is 4.74 Å². The molecule has 0 N–H and O–H groups in total. The van der Waals surface area contributed by atoms with Gasteiger partial charge in [-0.2, -0.15) is 0 Å². The Hall–Kier alpha value is -0.0636. The molecule has 1 aromatic rings. The van der Waals surface area contributed by atoms with Crippen molar-refractivity contribution in [1.82, 2.24) is 0 Å². The summed E-state index contributed by atoms with van der Waals surface area (Å²) in [5.41, 5.74) is 1.55. The zero-order valence-electron chi connectivity index (χ0n) is 8.54. The van der Waals surface area contributed by atoms with Crippen molar-refractivity contribution in [2.45, 2.75) is 0 Å². The fraction of sp³-hybridized carbons (Fsp3) is 0.0909. The first kappa shape index (κ1) is 13.9. The maximum atomic E-state index is 11.0. The van der Waals surface area contributed by atoms with E-state index in [1.54, 1.807) is 12.1 Å². The van der Waals surface area contributed by atoms with Crippen LogP contribution in [0.5, 0.6) is 5.75 Å². The van der Waals surface area contributed by atoms with Crippen LogP contribution in [0.1, 0.15) is 11.1 Å². The summed E-state index contributed by atoms with van der Waals surface area (Å²) >= 11 is 0. The summed E-state index contributed by atoms with van der Waals surface area (Å²) in [5.74, 6) is 0.423. The Morgan fingerprint density at radius 3 is 2.64 bits per heavy atom. The second-order valence-corrected chi connectivity index (χ2v) is 2.58. The predicted molar refractivity (Wildman–Crippen MR) is 52.0 cm³/mol. The quantitative estimate of drug-likeness (QED) is 0.479. The largest absolute Gasteiger partial charge is 1.00 e. The van der Waals surface area contributed by atoms with Gasteiger partial charge < -0.3 is 9.84 Å². The van der Waals surface area contributed by atoms with Crippen molar-refractivity contribution in [3.05, 3.63) is 42.5 Å². The number of ether oxygens (including phenoxy) is 1. The van der Waals surface area contributed by atoms with Gasteiger partial charge in [0, 0.05) is 5.56 Å². The summed E-state index contributed by atoms with van der Waals surface area (Å²) < 4.78 is 4.95. The molecule has 0 aliphatic carbocycles. The molecule has 0 radical (unpaired) electrons. The minimum absolute atomic E-state index is 0. The minimum Gasteiger partial charge on any atom is -0.872 e. The Morgan fingerprint density at radius 2 is 2.14 bits per heavy atom. The van der Waals surface area contributed by atoms with Crippen molar-refractivity contribution in [2.24, 2.45) is 0 Å². The standard InChI is InChI=1S/C11H12O2.K/c1-4-9-5-6-10(12)7-11(9)8(2)13-3;/h4-7,12H,1-2H2,3H3;/q;+1/p-1. The minimum atomic E-state index is -0.0567. The van der Waals surface area contributed by atoms with Crippen LogP contribution in [0, 0.1) is 0 Å². The number of benzene rings is 1. The van der Waals surface area contributed by atoms with Crippen LogP contribution < -0.4 is 56.5 Å². The Bertz CT molecular complexity index is 345. The Labute approximate surface area is 127 Å². The van der Waals surface area contributed by atoms with Crippen LogP contribution in [0.15, 0.2) is 31.4 Å². The van der Waals surface area contributed by atoms with Crippen LogP contribution in [-0.2, 0) is 4.74 Å². The maximum absolute atomic E-state index is 11.0. The third kappa shape index (κ3) is 3.26. The summed E-state index contributed by atoms with van der Waals surface area (Å²) in [4.78, 5) is 0. The molecule has 3 heteroatoms. The molecule has 0 aliphatic heterocycles. The zero-order chi connectivity index (χ0) is 9.84. The number of hydrogen-bond donors (Lipinski definition) is 0. The molecule has 0 unspecified atom stereocenters. The first-order chi connectivity index (χ1) is 6.19. The summed E-state index contributed by atoms with van der Waals surface area (Å²) in [6.45, 7) is 7.32. The first-order valence-corrected chi connectivity index (χ1v) is 3.86. The topological polar surface area (TPSA) is 32.3 Å². The van der Waals surface area contributed by atoms with Gasteiger partial charge in [0.2, 0.25) is 0 Å². The summed E-state index contributed by atoms with van der Waals surface area (Å²) in [6, 6.07) is 4.68. The van der Waals surface area contributed by atoms with Crippen LogP contribution in [0.4, 0.5) is 0 Å². The molecule has 0 amide bonds. The molecule has 0 heterocycles. The summed E-state index contributed by atoms with van der Waals surface area (Å²) in [7, 11) is 1.52. The third-order valence-electron chi connectivity index (χ3n) is 1.79. The van der Waals surface area contributed by atoms with Crippen LogP contribution in [0.2, 0.25) is 0 Å². The van der Waals surface area contributed by atoms with Gasteiger partial charge >= 0.3 is 51.4 Å². The Balaban J connectivity index is 0.00000169. The van der Waals surface area contributed by atoms with Crippen molar-refractivity contribution < 1.29 is 61.2 Å². The van der Waals surface area contributed by atoms with E-state index in [1.165, 1.54) is 19.2 Å². The van der Waals surface area contributed by atoms with Crippen LogP contribution in [0.3, 0.4) is 0 Å². The number of methoxy groups -OCH3 is 1. The monoisotopic (exact) mass is 214 g/mol. The Morgan fingerprint density at radius 1 is 1.50 bits per heavy atom. The van der Waals surface area contributed by atoms with Gasteiger partial charge in [-0.3, -0.25) is 0 Å². The van der Waals surface area contributed by atoms with Gasteiger partial charge in [0.1, 0.15) is 5.76 Å². The smallest absolute Gasteiger partial charge is 0.872 e. The van der Waals surface area contributed by atoms with Crippen LogP contribution >= 0.6 is 0 Å². The van der Waals surface area contributed by atoms with Gasteiger partial charge in [-0.15, -0.1) is 5.75 Å². The fourth-order valence-electron chi connectivity index (χ4n) is 1.06. The molecule has 2 nitrogen and oxygen atoms in total. The average Bonchev–Trinajstić information content (AvgIpc) is 2.16. The van der Waals surface area contributed by atoms with Gasteiger partial charge in [0.05, 0.1) is 7.11 Å². The van der Waals surface area contributed by atoms with Crippen LogP contribution in [-0.4, -0.2) is 7.11 Å². The third-order valence-corrected chi connectivity index (χ3v) is 1.79. The Kier molecular flexibility index (Phi) is 6.40. The normalized spacial score (nSPS) is 8.64. The van der Waals surface area contributed by atoms with Crippen molar-refractivity contribution >= 4 is 11.8 Å². The SMILES string of the molecule is C=Cc1ccc([O-])cc1C(=C)OC.[K+]. The van der Waals surface area contributed by atoms with Gasteiger partial charge in [-0.1, -0.05) is 37.4 Å². The average molecular weight is 214 g/mol. The van der Waals surface area contributed by atoms with Gasteiger partial charge in [-0.25, -0.2) is 0 Å². The molecule has 0 spiro atoms. The van der Waals surface area contributed by atoms with Crippen molar-refractivity contribution in [1.29, 1.82) is 0 Å². The van der Waals surface area contributed by atoms with Gasteiger partial charge in [0.25, 0.3) is 0 Å². The molecule has 0 aromatic heterocycles. The summed E-state index contributed by atoms with van der Waals surface area (Å²) in [5, 5.41) is 11.0. The van der Waals surface area contributed by atoms with Gasteiger partial charge in [-0.05, 0) is 5.56 Å². The molecule has 0 fully saturated rings. The molecular formula is C11H11KO2. The molecule has 0 aliphatic rings. The predicted octanol–water partition coefficient (Wildman–Crippen LogP) is -0.976. The van der Waals surface area contributed by atoms with E-state index < -0.39 is 0 Å². The number of rotatable bonds is 3. The van der Waals surface area contributed by atoms with Crippen LogP contribution in [0.25, 0.3) is 11.8 Å². The zero-order valence-corrected chi connectivity index (χ0v) is 11.7. The molecule has 0 saturated carbocycles. The van der Waals surface area contributed by atoms with E-state index in [0.717, 1.165) is 5.56 Å². The second kappa shape index (κ2) is 6.43. The molecule has 1 rings (SSSR count). The van der Waals surface area contributed by atoms with E-state index in [9.17, 15) is 5.11 Å². The molecule has 0 saturated heterocycles. The van der Waals surface area contributed by atoms with Gasteiger partial charge in [0.15, 0.2) is 0 Å². The number of hydrogen-bond acceptors (Lipinski definition) is 2. The van der Waals surface area contributed by atoms with Crippen molar-refractivity contribution in [3.63, 3.8) is 0 Å². The fourth-order valence-corrected chi connectivity index (χ4v) is 1.06. The maximum Gasteiger partial charge on any atom is 1.00 e. The van der Waals surface area contributed by atoms with E-state index >= 15 is 0 Å². The molecular weight excluding hydrogens is 203 g/mol. The van der Waals surface area contributed by atoms with E-state index in [0.29, 0.717) is 11.3 Å². The molecule has 14 heavy (non-hydrogen) atoms. The molecule has 68 valence electrons. The van der Waals surface area contributed by atoms with Crippen molar-refractivity contribution in [3.8, 4) is 5.75 Å². The molecule has 0 bridgehead atoms.